The Morgan fingerprint density at radius 2 is 1.77 bits per heavy atom. The van der Waals surface area contributed by atoms with Crippen LogP contribution in [0.2, 0.25) is 0 Å². The SMILES string of the molecule is CCCOc1ccc(C=NNc2ccc([N+](=O)[O-])cc2)c(OCCC)c1. The molecule has 7 nitrogen and oxygen atoms in total. The standard InChI is InChI=1S/C19H23N3O4/c1-3-11-25-18-10-5-15(19(13-18)26-12-4-2)14-20-21-16-6-8-17(9-7-16)22(23)24/h5-10,13-14,21H,3-4,11-12H2,1-2H3. The molecule has 0 aromatic heterocycles. The number of nitro benzene ring substituents is 1. The van der Waals surface area contributed by atoms with Crippen LogP contribution in [-0.4, -0.2) is 24.4 Å². The number of nitro groups is 1. The molecule has 0 amide bonds. The van der Waals surface area contributed by atoms with Crippen LogP contribution < -0.4 is 14.9 Å². The van der Waals surface area contributed by atoms with E-state index in [0.29, 0.717) is 24.7 Å². The molecule has 0 fully saturated rings. The summed E-state index contributed by atoms with van der Waals surface area (Å²) < 4.78 is 11.4. The Morgan fingerprint density at radius 1 is 1.08 bits per heavy atom. The van der Waals surface area contributed by atoms with E-state index in [1.807, 2.05) is 25.1 Å². The van der Waals surface area contributed by atoms with Gasteiger partial charge < -0.3 is 9.47 Å². The van der Waals surface area contributed by atoms with Gasteiger partial charge in [0.2, 0.25) is 0 Å². The Hall–Kier alpha value is -3.09. The highest BCUT2D eigenvalue weighted by Gasteiger charge is 2.05. The van der Waals surface area contributed by atoms with Crippen molar-refractivity contribution in [3.8, 4) is 11.5 Å². The summed E-state index contributed by atoms with van der Waals surface area (Å²) in [7, 11) is 0. The van der Waals surface area contributed by atoms with Crippen LogP contribution in [0.5, 0.6) is 11.5 Å². The summed E-state index contributed by atoms with van der Waals surface area (Å²) in [5.74, 6) is 1.47. The monoisotopic (exact) mass is 357 g/mol. The van der Waals surface area contributed by atoms with Gasteiger partial charge in [0.05, 0.1) is 30.0 Å². The van der Waals surface area contributed by atoms with Gasteiger partial charge in [-0.05, 0) is 37.1 Å². The van der Waals surface area contributed by atoms with Gasteiger partial charge in [-0.2, -0.15) is 5.10 Å². The van der Waals surface area contributed by atoms with Crippen molar-refractivity contribution in [2.45, 2.75) is 26.7 Å². The molecule has 1 N–H and O–H groups in total. The Balaban J connectivity index is 2.07. The van der Waals surface area contributed by atoms with Crippen molar-refractivity contribution in [2.75, 3.05) is 18.6 Å². The molecule has 0 aliphatic rings. The van der Waals surface area contributed by atoms with E-state index in [9.17, 15) is 10.1 Å². The zero-order valence-electron chi connectivity index (χ0n) is 15.0. The number of nitrogens with one attached hydrogen (secondary N) is 1. The fourth-order valence-corrected chi connectivity index (χ4v) is 2.10. The molecule has 0 aliphatic carbocycles. The van der Waals surface area contributed by atoms with Crippen molar-refractivity contribution in [3.05, 3.63) is 58.1 Å². The molecule has 0 unspecified atom stereocenters. The van der Waals surface area contributed by atoms with Gasteiger partial charge in [0.25, 0.3) is 5.69 Å². The van der Waals surface area contributed by atoms with Crippen LogP contribution in [0, 0.1) is 10.1 Å². The van der Waals surface area contributed by atoms with Crippen molar-refractivity contribution in [2.24, 2.45) is 5.10 Å². The average Bonchev–Trinajstić information content (AvgIpc) is 2.66. The van der Waals surface area contributed by atoms with Gasteiger partial charge in [0.1, 0.15) is 11.5 Å². The van der Waals surface area contributed by atoms with E-state index in [-0.39, 0.29) is 5.69 Å². The van der Waals surface area contributed by atoms with E-state index in [1.54, 1.807) is 18.3 Å². The van der Waals surface area contributed by atoms with Crippen molar-refractivity contribution in [1.29, 1.82) is 0 Å². The predicted molar refractivity (Wildman–Crippen MR) is 102 cm³/mol. The largest absolute Gasteiger partial charge is 0.493 e. The Morgan fingerprint density at radius 3 is 2.42 bits per heavy atom. The van der Waals surface area contributed by atoms with Crippen molar-refractivity contribution in [3.63, 3.8) is 0 Å². The maximum absolute atomic E-state index is 10.7. The maximum Gasteiger partial charge on any atom is 0.269 e. The lowest BCUT2D eigenvalue weighted by Gasteiger charge is -2.11. The topological polar surface area (TPSA) is 86.0 Å². The van der Waals surface area contributed by atoms with Gasteiger partial charge in [0.15, 0.2) is 0 Å². The van der Waals surface area contributed by atoms with Gasteiger partial charge in [-0.1, -0.05) is 13.8 Å². The van der Waals surface area contributed by atoms with Crippen molar-refractivity contribution < 1.29 is 14.4 Å². The molecular formula is C19H23N3O4. The molecule has 0 atom stereocenters. The number of non-ortho nitro benzene ring substituents is 1. The first-order valence-corrected chi connectivity index (χ1v) is 8.57. The van der Waals surface area contributed by atoms with Gasteiger partial charge in [-0.15, -0.1) is 0 Å². The van der Waals surface area contributed by atoms with Crippen LogP contribution in [0.1, 0.15) is 32.3 Å². The fourth-order valence-electron chi connectivity index (χ4n) is 2.10. The lowest BCUT2D eigenvalue weighted by Crippen LogP contribution is -2.01. The third kappa shape index (κ3) is 5.77. The Kier molecular flexibility index (Phi) is 7.42. The van der Waals surface area contributed by atoms with Crippen LogP contribution in [0.4, 0.5) is 11.4 Å². The first-order chi connectivity index (χ1) is 12.6. The molecule has 0 saturated heterocycles. The van der Waals surface area contributed by atoms with E-state index in [4.69, 9.17) is 9.47 Å². The number of benzene rings is 2. The van der Waals surface area contributed by atoms with Gasteiger partial charge in [-0.3, -0.25) is 15.5 Å². The van der Waals surface area contributed by atoms with E-state index < -0.39 is 4.92 Å². The Labute approximate surface area is 152 Å². The number of anilines is 1. The van der Waals surface area contributed by atoms with Crippen LogP contribution in [0.15, 0.2) is 47.6 Å². The van der Waals surface area contributed by atoms with E-state index in [0.717, 1.165) is 24.2 Å². The molecule has 2 rings (SSSR count). The first kappa shape index (κ1) is 19.2. The van der Waals surface area contributed by atoms with Gasteiger partial charge in [-0.25, -0.2) is 0 Å². The molecular weight excluding hydrogens is 334 g/mol. The van der Waals surface area contributed by atoms with Crippen LogP contribution in [0.3, 0.4) is 0 Å². The maximum atomic E-state index is 10.7. The van der Waals surface area contributed by atoms with Crippen LogP contribution in [0.25, 0.3) is 0 Å². The average molecular weight is 357 g/mol. The highest BCUT2D eigenvalue weighted by atomic mass is 16.6. The zero-order valence-corrected chi connectivity index (χ0v) is 15.0. The summed E-state index contributed by atoms with van der Waals surface area (Å²) in [6.45, 7) is 5.36. The minimum atomic E-state index is -0.438. The molecule has 0 aliphatic heterocycles. The summed E-state index contributed by atoms with van der Waals surface area (Å²) in [5.41, 5.74) is 4.37. The highest BCUT2D eigenvalue weighted by Crippen LogP contribution is 2.24. The van der Waals surface area contributed by atoms with E-state index in [2.05, 4.69) is 17.5 Å². The second-order valence-corrected chi connectivity index (χ2v) is 5.57. The molecule has 0 radical (unpaired) electrons. The lowest BCUT2D eigenvalue weighted by atomic mass is 10.2. The normalized spacial score (nSPS) is 10.7. The molecule has 0 saturated carbocycles. The smallest absolute Gasteiger partial charge is 0.269 e. The van der Waals surface area contributed by atoms with Crippen molar-refractivity contribution in [1.82, 2.24) is 0 Å². The first-order valence-electron chi connectivity index (χ1n) is 8.57. The molecule has 0 spiro atoms. The highest BCUT2D eigenvalue weighted by molar-refractivity contribution is 5.84. The summed E-state index contributed by atoms with van der Waals surface area (Å²) in [5, 5.41) is 14.8. The molecule has 2 aromatic carbocycles. The van der Waals surface area contributed by atoms with Gasteiger partial charge >= 0.3 is 0 Å². The minimum absolute atomic E-state index is 0.0393. The van der Waals surface area contributed by atoms with Crippen LogP contribution >= 0.6 is 0 Å². The predicted octanol–water partition coefficient (Wildman–Crippen LogP) is 4.62. The van der Waals surface area contributed by atoms with Crippen LogP contribution in [-0.2, 0) is 0 Å². The van der Waals surface area contributed by atoms with E-state index in [1.165, 1.54) is 12.1 Å². The number of rotatable bonds is 10. The van der Waals surface area contributed by atoms with Crippen molar-refractivity contribution >= 4 is 17.6 Å². The summed E-state index contributed by atoms with van der Waals surface area (Å²) in [4.78, 5) is 10.2. The molecule has 7 heteroatoms. The molecule has 26 heavy (non-hydrogen) atoms. The zero-order chi connectivity index (χ0) is 18.8. The van der Waals surface area contributed by atoms with Gasteiger partial charge in [0, 0.05) is 23.8 Å². The summed E-state index contributed by atoms with van der Waals surface area (Å²) in [6, 6.07) is 11.7. The number of ether oxygens (including phenoxy) is 2. The summed E-state index contributed by atoms with van der Waals surface area (Å²) >= 11 is 0. The number of hydrogen-bond acceptors (Lipinski definition) is 6. The second-order valence-electron chi connectivity index (χ2n) is 5.57. The number of hydrogen-bond donors (Lipinski definition) is 1. The lowest BCUT2D eigenvalue weighted by molar-refractivity contribution is -0.384. The fraction of sp³-hybridized carbons (Fsp3) is 0.316. The molecule has 2 aromatic rings. The third-order valence-electron chi connectivity index (χ3n) is 3.39. The molecule has 0 heterocycles. The number of nitrogens with zero attached hydrogens (tertiary/aromatic N) is 2. The Bertz CT molecular complexity index is 745. The van der Waals surface area contributed by atoms with E-state index >= 15 is 0 Å². The number of hydrazone groups is 1. The molecule has 0 bridgehead atoms. The summed E-state index contributed by atoms with van der Waals surface area (Å²) in [6.07, 6.45) is 3.49. The molecule has 138 valence electrons. The minimum Gasteiger partial charge on any atom is -0.493 e. The second kappa shape index (κ2) is 10.0. The third-order valence-corrected chi connectivity index (χ3v) is 3.39. The quantitative estimate of drug-likeness (QED) is 0.381.